The quantitative estimate of drug-likeness (QED) is 0.256. The first-order valence-corrected chi connectivity index (χ1v) is 15.5. The van der Waals surface area contributed by atoms with Gasteiger partial charge in [0.25, 0.3) is 0 Å². The zero-order valence-electron chi connectivity index (χ0n) is 25.1. The second kappa shape index (κ2) is 13.0. The number of carbonyl (C=O) groups is 1. The fraction of sp³-hybridized carbons (Fsp3) is 0.531. The van der Waals surface area contributed by atoms with Crippen molar-refractivity contribution >= 4 is 17.2 Å². The number of aliphatic hydroxyl groups is 2. The SMILES string of the molecule is COCC(=O)N[C@@H](Cc1cc(F)cc(-c2nccs2)c1)[C@H](O)CN[C@H]1C[C@]2(C[C@H](O)C2)Oc2ncc(CC(C)(C)C)cc21. The van der Waals surface area contributed by atoms with Gasteiger partial charge >= 0.3 is 0 Å². The second-order valence-corrected chi connectivity index (χ2v) is 13.9. The Kier molecular flexibility index (Phi) is 9.48. The highest BCUT2D eigenvalue weighted by Crippen LogP contribution is 2.48. The van der Waals surface area contributed by atoms with E-state index in [0.29, 0.717) is 41.3 Å². The molecule has 2 aromatic heterocycles. The monoisotopic (exact) mass is 612 g/mol. The lowest BCUT2D eigenvalue weighted by atomic mass is 9.71. The highest BCUT2D eigenvalue weighted by molar-refractivity contribution is 7.13. The van der Waals surface area contributed by atoms with Crippen LogP contribution in [0.15, 0.2) is 42.0 Å². The molecule has 1 aliphatic carbocycles. The zero-order valence-corrected chi connectivity index (χ0v) is 25.9. The molecule has 43 heavy (non-hydrogen) atoms. The van der Waals surface area contributed by atoms with E-state index in [1.165, 1.54) is 30.6 Å². The van der Waals surface area contributed by atoms with E-state index in [4.69, 9.17) is 9.47 Å². The third-order valence-electron chi connectivity index (χ3n) is 7.90. The maximum Gasteiger partial charge on any atom is 0.246 e. The number of carbonyl (C=O) groups excluding carboxylic acids is 1. The number of nitrogens with one attached hydrogen (secondary N) is 2. The van der Waals surface area contributed by atoms with Crippen molar-refractivity contribution in [2.24, 2.45) is 5.41 Å². The van der Waals surface area contributed by atoms with Crippen molar-refractivity contribution in [1.82, 2.24) is 20.6 Å². The molecule has 9 nitrogen and oxygen atoms in total. The summed E-state index contributed by atoms with van der Waals surface area (Å²) in [5, 5.41) is 30.4. The summed E-state index contributed by atoms with van der Waals surface area (Å²) in [4.78, 5) is 21.5. The van der Waals surface area contributed by atoms with Crippen LogP contribution in [0.25, 0.3) is 10.6 Å². The van der Waals surface area contributed by atoms with Gasteiger partial charge in [-0.2, -0.15) is 0 Å². The van der Waals surface area contributed by atoms with Gasteiger partial charge in [-0.05, 0) is 53.6 Å². The van der Waals surface area contributed by atoms with Crippen LogP contribution in [0.5, 0.6) is 5.88 Å². The standard InChI is InChI=1S/C32H41FN4O5S/c1-31(2,3)12-20-9-24-26(15-32(13-23(38)14-32)42-29(24)36-16-20)35-17-27(39)25(37-28(40)18-41-4)10-19-7-21(11-22(33)8-19)30-34-5-6-43-30/h5-9,11,16,23,25-27,35,38-39H,10,12-15,17-18H2,1-4H3,(H,37,40)/t23-,25-,26-,27+,32+/m0/s1. The Morgan fingerprint density at radius 1 is 1.21 bits per heavy atom. The number of nitrogens with zero attached hydrogens (tertiary/aromatic N) is 2. The lowest BCUT2D eigenvalue weighted by molar-refractivity contribution is -0.126. The molecule has 1 saturated carbocycles. The molecule has 1 amide bonds. The van der Waals surface area contributed by atoms with E-state index in [-0.39, 0.29) is 36.9 Å². The highest BCUT2D eigenvalue weighted by atomic mass is 32.1. The first kappa shape index (κ1) is 31.5. The fourth-order valence-corrected chi connectivity index (χ4v) is 6.72. The largest absolute Gasteiger partial charge is 0.471 e. The van der Waals surface area contributed by atoms with Crippen LogP contribution >= 0.6 is 11.3 Å². The van der Waals surface area contributed by atoms with Crippen LogP contribution in [-0.2, 0) is 22.4 Å². The number of aliphatic hydroxyl groups excluding tert-OH is 2. The van der Waals surface area contributed by atoms with Gasteiger partial charge in [0, 0.05) is 67.9 Å². The van der Waals surface area contributed by atoms with Crippen molar-refractivity contribution in [2.45, 2.75) is 82.8 Å². The molecular weight excluding hydrogens is 571 g/mol. The minimum atomic E-state index is -1.01. The summed E-state index contributed by atoms with van der Waals surface area (Å²) in [5.41, 5.74) is 2.85. The van der Waals surface area contributed by atoms with Crippen LogP contribution in [0.1, 0.15) is 62.8 Å². The average Bonchev–Trinajstić information content (AvgIpc) is 3.45. The maximum absolute atomic E-state index is 14.6. The van der Waals surface area contributed by atoms with Crippen molar-refractivity contribution in [3.05, 3.63) is 64.5 Å². The molecule has 4 N–H and O–H groups in total. The number of ether oxygens (including phenoxy) is 2. The fourth-order valence-electron chi connectivity index (χ4n) is 6.10. The van der Waals surface area contributed by atoms with Gasteiger partial charge in [-0.15, -0.1) is 11.3 Å². The lowest BCUT2D eigenvalue weighted by Gasteiger charge is -2.50. The molecule has 232 valence electrons. The van der Waals surface area contributed by atoms with Crippen molar-refractivity contribution in [3.63, 3.8) is 0 Å². The van der Waals surface area contributed by atoms with E-state index >= 15 is 0 Å². The number of methoxy groups -OCH3 is 1. The predicted octanol–water partition coefficient (Wildman–Crippen LogP) is 3.97. The molecule has 1 aliphatic heterocycles. The number of aromatic nitrogens is 2. The number of rotatable bonds is 11. The lowest BCUT2D eigenvalue weighted by Crippen LogP contribution is -2.56. The number of amides is 1. The highest BCUT2D eigenvalue weighted by Gasteiger charge is 2.51. The Morgan fingerprint density at radius 3 is 2.67 bits per heavy atom. The smallest absolute Gasteiger partial charge is 0.246 e. The Bertz CT molecular complexity index is 1410. The van der Waals surface area contributed by atoms with Crippen molar-refractivity contribution in [2.75, 3.05) is 20.3 Å². The van der Waals surface area contributed by atoms with Crippen LogP contribution in [0.3, 0.4) is 0 Å². The van der Waals surface area contributed by atoms with Crippen LogP contribution in [0.2, 0.25) is 0 Å². The van der Waals surface area contributed by atoms with E-state index in [1.54, 1.807) is 6.20 Å². The minimum absolute atomic E-state index is 0.0772. The Labute approximate surface area is 255 Å². The number of thiazole rings is 1. The average molecular weight is 613 g/mol. The first-order valence-electron chi connectivity index (χ1n) is 14.7. The third kappa shape index (κ3) is 7.96. The molecule has 3 heterocycles. The maximum atomic E-state index is 14.6. The Balaban J connectivity index is 1.35. The molecule has 3 aromatic rings. The van der Waals surface area contributed by atoms with E-state index in [2.05, 4.69) is 47.4 Å². The summed E-state index contributed by atoms with van der Waals surface area (Å²) in [6.07, 6.45) is 4.81. The minimum Gasteiger partial charge on any atom is -0.471 e. The van der Waals surface area contributed by atoms with Crippen LogP contribution in [0, 0.1) is 11.2 Å². The summed E-state index contributed by atoms with van der Waals surface area (Å²) >= 11 is 1.41. The molecule has 3 atom stereocenters. The summed E-state index contributed by atoms with van der Waals surface area (Å²) in [5.74, 6) is -0.247. The number of hydrogen-bond donors (Lipinski definition) is 4. The van der Waals surface area contributed by atoms with Crippen molar-refractivity contribution < 1.29 is 28.9 Å². The number of fused-ring (bicyclic) bond motifs is 1. The number of halogens is 1. The number of hydrogen-bond acceptors (Lipinski definition) is 9. The van der Waals surface area contributed by atoms with Gasteiger partial charge in [0.1, 0.15) is 23.0 Å². The molecule has 1 aromatic carbocycles. The van der Waals surface area contributed by atoms with Crippen LogP contribution in [-0.4, -0.2) is 70.2 Å². The molecule has 11 heteroatoms. The van der Waals surface area contributed by atoms with Gasteiger partial charge in [0.05, 0.1) is 18.2 Å². The van der Waals surface area contributed by atoms with Gasteiger partial charge in [-0.25, -0.2) is 14.4 Å². The van der Waals surface area contributed by atoms with Gasteiger partial charge in [0.15, 0.2) is 0 Å². The van der Waals surface area contributed by atoms with Gasteiger partial charge in [-0.1, -0.05) is 20.8 Å². The van der Waals surface area contributed by atoms with E-state index in [1.807, 2.05) is 17.6 Å². The van der Waals surface area contributed by atoms with E-state index in [0.717, 1.165) is 17.5 Å². The van der Waals surface area contributed by atoms with Gasteiger partial charge in [-0.3, -0.25) is 4.79 Å². The van der Waals surface area contributed by atoms with E-state index < -0.39 is 29.7 Å². The molecule has 0 unspecified atom stereocenters. The summed E-state index contributed by atoms with van der Waals surface area (Å²) < 4.78 is 25.9. The first-order chi connectivity index (χ1) is 20.4. The molecule has 2 aliphatic rings. The summed E-state index contributed by atoms with van der Waals surface area (Å²) in [6, 6.07) is 5.89. The molecule has 0 radical (unpaired) electrons. The van der Waals surface area contributed by atoms with Crippen molar-refractivity contribution in [3.8, 4) is 16.5 Å². The Morgan fingerprint density at radius 2 is 2.00 bits per heavy atom. The van der Waals surface area contributed by atoms with E-state index in [9.17, 15) is 19.4 Å². The number of pyridine rings is 1. The van der Waals surface area contributed by atoms with Crippen molar-refractivity contribution in [1.29, 1.82) is 0 Å². The number of benzene rings is 1. The van der Waals surface area contributed by atoms with Crippen LogP contribution < -0.4 is 15.4 Å². The molecule has 5 rings (SSSR count). The molecule has 0 bridgehead atoms. The summed E-state index contributed by atoms with van der Waals surface area (Å²) in [7, 11) is 1.43. The molecule has 1 fully saturated rings. The molecule has 1 spiro atoms. The molecular formula is C32H41FN4O5S. The topological polar surface area (TPSA) is 126 Å². The van der Waals surface area contributed by atoms with Gasteiger partial charge in [0.2, 0.25) is 11.8 Å². The normalized spacial score (nSPS) is 22.8. The third-order valence-corrected chi connectivity index (χ3v) is 8.72. The van der Waals surface area contributed by atoms with Gasteiger partial charge < -0.3 is 30.3 Å². The Hall–Kier alpha value is -2.96. The second-order valence-electron chi connectivity index (χ2n) is 13.1. The molecule has 0 saturated heterocycles. The zero-order chi connectivity index (χ0) is 30.8. The summed E-state index contributed by atoms with van der Waals surface area (Å²) in [6.45, 7) is 6.52. The van der Waals surface area contributed by atoms with Crippen LogP contribution in [0.4, 0.5) is 4.39 Å². The predicted molar refractivity (Wildman–Crippen MR) is 162 cm³/mol.